The molecule has 1 aliphatic rings. The molecular weight excluding hydrogens is 347 g/mol. The van der Waals surface area contributed by atoms with Crippen molar-refractivity contribution in [3.05, 3.63) is 48.0 Å². The van der Waals surface area contributed by atoms with Crippen molar-refractivity contribution in [2.24, 2.45) is 0 Å². The zero-order valence-electron chi connectivity index (χ0n) is 13.8. The van der Waals surface area contributed by atoms with Crippen molar-refractivity contribution in [2.75, 3.05) is 31.1 Å². The Balaban J connectivity index is 1.47. The fourth-order valence-corrected chi connectivity index (χ4v) is 3.01. The third-order valence-electron chi connectivity index (χ3n) is 4.33. The minimum Gasteiger partial charge on any atom is -0.353 e. The number of pyridine rings is 1. The van der Waals surface area contributed by atoms with Crippen molar-refractivity contribution in [2.45, 2.75) is 12.7 Å². The van der Waals surface area contributed by atoms with Crippen LogP contribution >= 0.6 is 0 Å². The highest BCUT2D eigenvalue weighted by Crippen LogP contribution is 2.28. The third-order valence-corrected chi connectivity index (χ3v) is 4.33. The monoisotopic (exact) mass is 363 g/mol. The molecule has 0 bridgehead atoms. The van der Waals surface area contributed by atoms with Crippen LogP contribution in [0.5, 0.6) is 0 Å². The first-order chi connectivity index (χ1) is 12.5. The van der Waals surface area contributed by atoms with E-state index in [4.69, 9.17) is 0 Å². The van der Waals surface area contributed by atoms with E-state index in [0.717, 1.165) is 29.7 Å². The molecule has 0 aliphatic carbocycles. The van der Waals surface area contributed by atoms with E-state index in [2.05, 4.69) is 25.2 Å². The highest BCUT2D eigenvalue weighted by atomic mass is 19.4. The summed E-state index contributed by atoms with van der Waals surface area (Å²) in [4.78, 5) is 8.37. The first-order valence-corrected chi connectivity index (χ1v) is 8.16. The molecule has 10 heteroatoms. The van der Waals surface area contributed by atoms with Gasteiger partial charge in [-0.15, -0.1) is 15.3 Å². The first kappa shape index (κ1) is 16.7. The van der Waals surface area contributed by atoms with E-state index in [-0.39, 0.29) is 5.65 Å². The summed E-state index contributed by atoms with van der Waals surface area (Å²) < 4.78 is 39.7. The highest BCUT2D eigenvalue weighted by molar-refractivity contribution is 5.46. The standard InChI is InChI=1S/C16H16F3N7/c17-16(18,19)15-22-21-13-3-4-14(23-26(13)15)25-8-6-24(7-9-25)11-12-2-1-5-20-10-12/h1-5,10H,6-9,11H2. The lowest BCUT2D eigenvalue weighted by molar-refractivity contribution is -0.146. The number of hydrogen-bond donors (Lipinski definition) is 0. The Morgan fingerprint density at radius 3 is 2.50 bits per heavy atom. The Labute approximate surface area is 147 Å². The SMILES string of the molecule is FC(F)(F)c1nnc2ccc(N3CCN(Cc4cccnc4)CC3)nn12. The van der Waals surface area contributed by atoms with Crippen molar-refractivity contribution in [1.29, 1.82) is 0 Å². The lowest BCUT2D eigenvalue weighted by Gasteiger charge is -2.35. The van der Waals surface area contributed by atoms with Crippen molar-refractivity contribution >= 4 is 11.5 Å². The summed E-state index contributed by atoms with van der Waals surface area (Å²) in [5, 5.41) is 10.8. The maximum Gasteiger partial charge on any atom is 0.453 e. The van der Waals surface area contributed by atoms with Crippen LogP contribution in [0.2, 0.25) is 0 Å². The van der Waals surface area contributed by atoms with Crippen LogP contribution in [0.3, 0.4) is 0 Å². The van der Waals surface area contributed by atoms with Gasteiger partial charge >= 0.3 is 6.18 Å². The van der Waals surface area contributed by atoms with Crippen molar-refractivity contribution in [3.8, 4) is 0 Å². The highest BCUT2D eigenvalue weighted by Gasteiger charge is 2.37. The van der Waals surface area contributed by atoms with Crippen LogP contribution in [0.25, 0.3) is 5.65 Å². The summed E-state index contributed by atoms with van der Waals surface area (Å²) in [5.41, 5.74) is 1.22. The fraction of sp³-hybridized carbons (Fsp3) is 0.375. The van der Waals surface area contributed by atoms with Gasteiger partial charge < -0.3 is 4.90 Å². The summed E-state index contributed by atoms with van der Waals surface area (Å²) in [6.07, 6.45) is -1.01. The minimum absolute atomic E-state index is 0.0799. The smallest absolute Gasteiger partial charge is 0.353 e. The number of anilines is 1. The summed E-state index contributed by atoms with van der Waals surface area (Å²) in [7, 11) is 0. The summed E-state index contributed by atoms with van der Waals surface area (Å²) >= 11 is 0. The van der Waals surface area contributed by atoms with Gasteiger partial charge in [-0.1, -0.05) is 6.07 Å². The van der Waals surface area contributed by atoms with E-state index in [1.165, 1.54) is 6.07 Å². The van der Waals surface area contributed by atoms with Crippen LogP contribution in [0.1, 0.15) is 11.4 Å². The third kappa shape index (κ3) is 3.32. The quantitative estimate of drug-likeness (QED) is 0.708. The van der Waals surface area contributed by atoms with Crippen molar-refractivity contribution < 1.29 is 13.2 Å². The molecule has 0 atom stereocenters. The molecule has 3 aromatic heterocycles. The summed E-state index contributed by atoms with van der Waals surface area (Å²) in [6, 6.07) is 7.12. The zero-order valence-corrected chi connectivity index (χ0v) is 13.8. The van der Waals surface area contributed by atoms with Gasteiger partial charge in [0.1, 0.15) is 5.82 Å². The second kappa shape index (κ2) is 6.52. The number of alkyl halides is 3. The molecule has 26 heavy (non-hydrogen) atoms. The Hall–Kier alpha value is -2.75. The van der Waals surface area contributed by atoms with Crippen molar-refractivity contribution in [3.63, 3.8) is 0 Å². The molecule has 0 saturated carbocycles. The zero-order chi connectivity index (χ0) is 18.1. The maximum atomic E-state index is 13.0. The molecule has 7 nitrogen and oxygen atoms in total. The fourth-order valence-electron chi connectivity index (χ4n) is 3.01. The number of nitrogens with zero attached hydrogens (tertiary/aromatic N) is 7. The molecule has 1 fully saturated rings. The molecular formula is C16H16F3N7. The van der Waals surface area contributed by atoms with Crippen LogP contribution in [0.15, 0.2) is 36.7 Å². The largest absolute Gasteiger partial charge is 0.453 e. The van der Waals surface area contributed by atoms with Gasteiger partial charge in [-0.2, -0.15) is 17.7 Å². The molecule has 3 aromatic rings. The number of hydrogen-bond acceptors (Lipinski definition) is 6. The van der Waals surface area contributed by atoms with Gasteiger partial charge in [0.15, 0.2) is 5.65 Å². The lowest BCUT2D eigenvalue weighted by Crippen LogP contribution is -2.46. The normalized spacial score (nSPS) is 16.3. The molecule has 1 saturated heterocycles. The van der Waals surface area contributed by atoms with Gasteiger partial charge in [0.2, 0.25) is 0 Å². The van der Waals surface area contributed by atoms with E-state index in [0.29, 0.717) is 18.9 Å². The van der Waals surface area contributed by atoms with Crippen LogP contribution in [0, 0.1) is 0 Å². The van der Waals surface area contributed by atoms with Gasteiger partial charge in [-0.05, 0) is 23.8 Å². The summed E-state index contributed by atoms with van der Waals surface area (Å²) in [5.74, 6) is -0.617. The Bertz CT molecular complexity index is 886. The Kier molecular flexibility index (Phi) is 4.19. The summed E-state index contributed by atoms with van der Waals surface area (Å²) in [6.45, 7) is 3.76. The van der Waals surface area contributed by atoms with Gasteiger partial charge in [0.05, 0.1) is 0 Å². The predicted molar refractivity (Wildman–Crippen MR) is 87.5 cm³/mol. The Morgan fingerprint density at radius 2 is 1.81 bits per heavy atom. The maximum absolute atomic E-state index is 13.0. The molecule has 0 N–H and O–H groups in total. The van der Waals surface area contributed by atoms with Crippen LogP contribution in [-0.2, 0) is 12.7 Å². The van der Waals surface area contributed by atoms with Crippen LogP contribution < -0.4 is 4.90 Å². The predicted octanol–water partition coefficient (Wildman–Crippen LogP) is 1.86. The van der Waals surface area contributed by atoms with E-state index in [1.807, 2.05) is 23.2 Å². The number of halogens is 3. The van der Waals surface area contributed by atoms with E-state index in [9.17, 15) is 13.2 Å². The van der Waals surface area contributed by atoms with Gasteiger partial charge in [-0.3, -0.25) is 9.88 Å². The second-order valence-corrected chi connectivity index (χ2v) is 6.11. The van der Waals surface area contributed by atoms with E-state index in [1.54, 1.807) is 12.3 Å². The van der Waals surface area contributed by atoms with Crippen LogP contribution in [-0.4, -0.2) is 55.9 Å². The molecule has 1 aliphatic heterocycles. The molecule has 136 valence electrons. The van der Waals surface area contributed by atoms with Gasteiger partial charge in [-0.25, -0.2) is 0 Å². The average molecular weight is 363 g/mol. The van der Waals surface area contributed by atoms with Gasteiger partial charge in [0.25, 0.3) is 5.82 Å². The van der Waals surface area contributed by atoms with Gasteiger partial charge in [0, 0.05) is 45.1 Å². The minimum atomic E-state index is -4.59. The van der Waals surface area contributed by atoms with E-state index < -0.39 is 12.0 Å². The Morgan fingerprint density at radius 1 is 1.00 bits per heavy atom. The molecule has 0 unspecified atom stereocenters. The molecule has 0 aromatic carbocycles. The molecule has 0 radical (unpaired) electrons. The number of rotatable bonds is 3. The number of aromatic nitrogens is 5. The number of fused-ring (bicyclic) bond motifs is 1. The molecule has 4 rings (SSSR count). The molecule has 0 spiro atoms. The molecule has 4 heterocycles. The second-order valence-electron chi connectivity index (χ2n) is 6.11. The topological polar surface area (TPSA) is 62.5 Å². The van der Waals surface area contributed by atoms with E-state index >= 15 is 0 Å². The first-order valence-electron chi connectivity index (χ1n) is 8.16. The number of piperazine rings is 1. The van der Waals surface area contributed by atoms with Crippen molar-refractivity contribution in [1.82, 2.24) is 29.7 Å². The lowest BCUT2D eigenvalue weighted by atomic mass is 10.2. The van der Waals surface area contributed by atoms with Crippen LogP contribution in [0.4, 0.5) is 19.0 Å². The molecule has 0 amide bonds. The average Bonchev–Trinajstić information content (AvgIpc) is 3.07.